The van der Waals surface area contributed by atoms with Gasteiger partial charge in [0, 0.05) is 44.9 Å². The fourth-order valence-corrected chi connectivity index (χ4v) is 9.06. The van der Waals surface area contributed by atoms with E-state index in [2.05, 4.69) is 172 Å². The van der Waals surface area contributed by atoms with Crippen LogP contribution in [-0.4, -0.2) is 11.3 Å². The van der Waals surface area contributed by atoms with E-state index in [1.165, 1.54) is 76.6 Å². The van der Waals surface area contributed by atoms with E-state index < -0.39 is 0 Å². The first kappa shape index (κ1) is 24.9. The molecular formula is C40H26BN3S. The Morgan fingerprint density at radius 1 is 0.444 bits per heavy atom. The van der Waals surface area contributed by atoms with Gasteiger partial charge in [0.05, 0.1) is 10.5 Å². The number of thiophene rings is 1. The topological polar surface area (TPSA) is 11.4 Å². The number of benzene rings is 6. The van der Waals surface area contributed by atoms with Gasteiger partial charge in [0.2, 0.25) is 0 Å². The van der Waals surface area contributed by atoms with Crippen LogP contribution in [0.3, 0.4) is 0 Å². The van der Waals surface area contributed by atoms with Crippen LogP contribution in [0.4, 0.5) is 33.4 Å². The minimum atomic E-state index is 0.0890. The van der Waals surface area contributed by atoms with Crippen molar-refractivity contribution < 1.29 is 0 Å². The van der Waals surface area contributed by atoms with Gasteiger partial charge in [-0.1, -0.05) is 108 Å². The Bertz CT molecular complexity index is 2400. The molecule has 0 spiro atoms. The Hall–Kier alpha value is -5.52. The lowest BCUT2D eigenvalue weighted by molar-refractivity contribution is 1.19. The predicted octanol–water partition coefficient (Wildman–Crippen LogP) is 8.93. The molecule has 2 aromatic heterocycles. The zero-order valence-corrected chi connectivity index (χ0v) is 25.2. The van der Waals surface area contributed by atoms with Gasteiger partial charge in [-0.3, -0.25) is 0 Å². The molecule has 0 fully saturated rings. The number of fused-ring (bicyclic) bond motifs is 8. The zero-order chi connectivity index (χ0) is 29.5. The molecule has 2 aliphatic heterocycles. The summed E-state index contributed by atoms with van der Waals surface area (Å²) in [4.78, 5) is 6.25. The molecule has 0 bridgehead atoms. The summed E-state index contributed by atoms with van der Waals surface area (Å²) in [7, 11) is 0. The van der Waals surface area contributed by atoms with Gasteiger partial charge in [0.15, 0.2) is 0 Å². The van der Waals surface area contributed by atoms with Crippen molar-refractivity contribution in [3.05, 3.63) is 158 Å². The Balaban J connectivity index is 1.38. The van der Waals surface area contributed by atoms with Crippen LogP contribution in [0, 0.1) is 0 Å². The number of aromatic nitrogens is 1. The van der Waals surface area contributed by atoms with Gasteiger partial charge in [-0.2, -0.15) is 0 Å². The SMILES string of the molecule is c1ccc(N2c3ccccc3B3c4c2cccc4N(c2ccccc2)c2sc4c(c23)c2ccccc2n4-c2ccccc2)cc1. The zero-order valence-electron chi connectivity index (χ0n) is 24.3. The molecule has 0 aliphatic carbocycles. The third kappa shape index (κ3) is 3.41. The number of hydrogen-bond donors (Lipinski definition) is 0. The fourth-order valence-electron chi connectivity index (χ4n) is 7.64. The van der Waals surface area contributed by atoms with Crippen molar-refractivity contribution in [1.29, 1.82) is 0 Å². The van der Waals surface area contributed by atoms with Gasteiger partial charge in [-0.15, -0.1) is 0 Å². The first-order chi connectivity index (χ1) is 22.4. The van der Waals surface area contributed by atoms with Crippen LogP contribution in [0.15, 0.2) is 158 Å². The van der Waals surface area contributed by atoms with E-state index >= 15 is 0 Å². The highest BCUT2D eigenvalue weighted by molar-refractivity contribution is 7.26. The maximum atomic E-state index is 2.51. The number of para-hydroxylation sites is 5. The lowest BCUT2D eigenvalue weighted by Gasteiger charge is -2.43. The second-order valence-electron chi connectivity index (χ2n) is 11.7. The highest BCUT2D eigenvalue weighted by Gasteiger charge is 2.45. The Morgan fingerprint density at radius 3 is 1.73 bits per heavy atom. The molecule has 3 nitrogen and oxygen atoms in total. The van der Waals surface area contributed by atoms with E-state index in [0.29, 0.717) is 0 Å². The summed E-state index contributed by atoms with van der Waals surface area (Å²) in [6.07, 6.45) is 0. The van der Waals surface area contributed by atoms with Gasteiger partial charge in [0.1, 0.15) is 4.83 Å². The Morgan fingerprint density at radius 2 is 1.00 bits per heavy atom. The van der Waals surface area contributed by atoms with Crippen LogP contribution < -0.4 is 26.2 Å². The average Bonchev–Trinajstić information content (AvgIpc) is 3.64. The Labute approximate surface area is 265 Å². The highest BCUT2D eigenvalue weighted by atomic mass is 32.1. The second kappa shape index (κ2) is 9.49. The largest absolute Gasteiger partial charge is 0.311 e. The molecule has 210 valence electrons. The van der Waals surface area contributed by atoms with Crippen molar-refractivity contribution in [2.45, 2.75) is 0 Å². The van der Waals surface area contributed by atoms with Gasteiger partial charge < -0.3 is 14.4 Å². The smallest absolute Gasteiger partial charge is 0.254 e. The maximum Gasteiger partial charge on any atom is 0.254 e. The van der Waals surface area contributed by atoms with Crippen LogP contribution in [0.1, 0.15) is 0 Å². The second-order valence-corrected chi connectivity index (χ2v) is 12.7. The molecule has 0 saturated carbocycles. The summed E-state index contributed by atoms with van der Waals surface area (Å²) in [5.41, 5.74) is 12.6. The van der Waals surface area contributed by atoms with Crippen molar-refractivity contribution in [2.75, 3.05) is 9.80 Å². The summed E-state index contributed by atoms with van der Waals surface area (Å²) < 4.78 is 2.47. The molecule has 5 heteroatoms. The van der Waals surface area contributed by atoms with Crippen molar-refractivity contribution in [3.8, 4) is 5.69 Å². The maximum absolute atomic E-state index is 2.51. The van der Waals surface area contributed by atoms with Crippen molar-refractivity contribution in [3.63, 3.8) is 0 Å². The minimum absolute atomic E-state index is 0.0890. The van der Waals surface area contributed by atoms with Crippen molar-refractivity contribution >= 4 is 89.0 Å². The molecule has 2 aliphatic rings. The fraction of sp³-hybridized carbons (Fsp3) is 0. The van der Waals surface area contributed by atoms with E-state index in [0.717, 1.165) is 0 Å². The van der Waals surface area contributed by atoms with Crippen LogP contribution in [0.2, 0.25) is 0 Å². The average molecular weight is 592 g/mol. The molecule has 0 saturated heterocycles. The van der Waals surface area contributed by atoms with E-state index in [1.54, 1.807) is 0 Å². The van der Waals surface area contributed by atoms with Crippen LogP contribution in [-0.2, 0) is 0 Å². The third-order valence-corrected chi connectivity index (χ3v) is 10.6. The molecule has 8 aromatic rings. The van der Waals surface area contributed by atoms with Gasteiger partial charge >= 0.3 is 0 Å². The third-order valence-electron chi connectivity index (χ3n) is 9.38. The standard InChI is InChI=1S/C40H26BN3S/c1-4-15-27(16-5-1)42-33-24-13-11-22-31(33)41-37-34(42)25-14-26-35(37)44(29-19-8-3-9-20-29)40-38(41)36-30-21-10-12-23-32(30)43(39(36)45-40)28-17-6-2-7-18-28/h1-26H. The van der Waals surface area contributed by atoms with Crippen LogP contribution in [0.5, 0.6) is 0 Å². The number of rotatable bonds is 3. The summed E-state index contributed by atoms with van der Waals surface area (Å²) in [6, 6.07) is 57.3. The van der Waals surface area contributed by atoms with Crippen LogP contribution in [0.25, 0.3) is 26.8 Å². The Kier molecular flexibility index (Phi) is 5.25. The summed E-state index contributed by atoms with van der Waals surface area (Å²) >= 11 is 1.91. The molecule has 0 radical (unpaired) electrons. The van der Waals surface area contributed by atoms with Gasteiger partial charge in [-0.05, 0) is 77.1 Å². The first-order valence-electron chi connectivity index (χ1n) is 15.4. The van der Waals surface area contributed by atoms with Crippen molar-refractivity contribution in [2.24, 2.45) is 0 Å². The normalized spacial score (nSPS) is 13.2. The molecule has 45 heavy (non-hydrogen) atoms. The van der Waals surface area contributed by atoms with Gasteiger partial charge in [-0.25, -0.2) is 0 Å². The number of hydrogen-bond acceptors (Lipinski definition) is 3. The molecule has 4 heterocycles. The van der Waals surface area contributed by atoms with E-state index in [4.69, 9.17) is 0 Å². The molecule has 6 aromatic carbocycles. The molecule has 0 N–H and O–H groups in total. The minimum Gasteiger partial charge on any atom is -0.311 e. The molecular weight excluding hydrogens is 565 g/mol. The molecule has 10 rings (SSSR count). The number of nitrogens with zero attached hydrogens (tertiary/aromatic N) is 3. The quantitative estimate of drug-likeness (QED) is 0.190. The lowest BCUT2D eigenvalue weighted by atomic mass is 9.33. The summed E-state index contributed by atoms with van der Waals surface area (Å²) in [5, 5.41) is 3.94. The van der Waals surface area contributed by atoms with E-state index in [1.807, 2.05) is 11.3 Å². The molecule has 0 amide bonds. The predicted molar refractivity (Wildman–Crippen MR) is 193 cm³/mol. The van der Waals surface area contributed by atoms with E-state index in [-0.39, 0.29) is 6.71 Å². The van der Waals surface area contributed by atoms with Gasteiger partial charge in [0.25, 0.3) is 6.71 Å². The van der Waals surface area contributed by atoms with Crippen molar-refractivity contribution in [1.82, 2.24) is 4.57 Å². The monoisotopic (exact) mass is 591 g/mol. The summed E-state index contributed by atoms with van der Waals surface area (Å²) in [6.45, 7) is 0.0890. The van der Waals surface area contributed by atoms with Crippen LogP contribution >= 0.6 is 11.3 Å². The molecule has 0 unspecified atom stereocenters. The number of anilines is 6. The first-order valence-corrected chi connectivity index (χ1v) is 16.2. The molecule has 0 atom stereocenters. The van der Waals surface area contributed by atoms with E-state index in [9.17, 15) is 0 Å². The lowest BCUT2D eigenvalue weighted by Crippen LogP contribution is -2.61. The summed E-state index contributed by atoms with van der Waals surface area (Å²) in [5.74, 6) is 0. The highest BCUT2D eigenvalue weighted by Crippen LogP contribution is 2.49.